The summed E-state index contributed by atoms with van der Waals surface area (Å²) in [6.07, 6.45) is 8.59. The number of benzene rings is 2. The van der Waals surface area contributed by atoms with Gasteiger partial charge in [0.25, 0.3) is 8.32 Å². The van der Waals surface area contributed by atoms with E-state index in [0.717, 1.165) is 18.4 Å². The maximum Gasteiger partial charge on any atom is 0.261 e. The Balaban J connectivity index is 1.47. The first kappa shape index (κ1) is 24.7. The molecule has 186 valence electrons. The molecule has 0 heterocycles. The molecule has 3 aliphatic rings. The van der Waals surface area contributed by atoms with Crippen LogP contribution in [0.2, 0.25) is 5.04 Å². The number of aliphatic hydroxyl groups is 1. The molecule has 4 nitrogen and oxygen atoms in total. The molecule has 3 unspecified atom stereocenters. The van der Waals surface area contributed by atoms with Crippen LogP contribution in [0.25, 0.3) is 0 Å². The minimum atomic E-state index is -2.64. The highest BCUT2D eigenvalue weighted by atomic mass is 28.4. The van der Waals surface area contributed by atoms with Crippen molar-refractivity contribution in [1.29, 1.82) is 0 Å². The molecule has 35 heavy (non-hydrogen) atoms. The van der Waals surface area contributed by atoms with Crippen LogP contribution in [-0.2, 0) is 13.9 Å². The van der Waals surface area contributed by atoms with Gasteiger partial charge < -0.3 is 19.0 Å². The summed E-state index contributed by atoms with van der Waals surface area (Å²) >= 11 is 0. The average molecular weight is 491 g/mol. The Morgan fingerprint density at radius 3 is 1.94 bits per heavy atom. The number of hydrogen-bond acceptors (Lipinski definition) is 4. The van der Waals surface area contributed by atoms with Gasteiger partial charge in [0, 0.05) is 20.1 Å². The number of hydrogen-bond donors (Lipinski definition) is 1. The van der Waals surface area contributed by atoms with Crippen molar-refractivity contribution >= 4 is 18.7 Å². The first-order valence-electron chi connectivity index (χ1n) is 12.7. The van der Waals surface area contributed by atoms with E-state index in [-0.39, 0.29) is 23.0 Å². The molecular weight excluding hydrogens is 452 g/mol. The van der Waals surface area contributed by atoms with Gasteiger partial charge in [0.1, 0.15) is 0 Å². The maximum atomic E-state index is 12.0. The SMILES string of the molecule is COC1(OC)C2C=CC1C(O)(C1=CC[C@H](O[Si](c3ccccc3)(c3ccccc3)C(C)(C)C)C1)C2. The van der Waals surface area contributed by atoms with Crippen molar-refractivity contribution in [1.82, 2.24) is 0 Å². The molecule has 3 aliphatic carbocycles. The van der Waals surface area contributed by atoms with Crippen molar-refractivity contribution in [2.45, 2.75) is 62.6 Å². The first-order valence-corrected chi connectivity index (χ1v) is 14.6. The zero-order valence-electron chi connectivity index (χ0n) is 21.5. The minimum absolute atomic E-state index is 0.0166. The number of fused-ring (bicyclic) bond motifs is 2. The van der Waals surface area contributed by atoms with Crippen LogP contribution in [0.1, 0.15) is 40.0 Å². The highest BCUT2D eigenvalue weighted by Crippen LogP contribution is 2.59. The highest BCUT2D eigenvalue weighted by molar-refractivity contribution is 6.99. The van der Waals surface area contributed by atoms with Gasteiger partial charge in [0.05, 0.1) is 17.6 Å². The second kappa shape index (κ2) is 8.82. The van der Waals surface area contributed by atoms with Crippen LogP contribution in [0.3, 0.4) is 0 Å². The monoisotopic (exact) mass is 490 g/mol. The van der Waals surface area contributed by atoms with Crippen LogP contribution >= 0.6 is 0 Å². The Bertz CT molecular complexity index is 1060. The molecule has 2 aromatic carbocycles. The predicted octanol–water partition coefficient (Wildman–Crippen LogP) is 4.58. The second-order valence-corrected chi connectivity index (χ2v) is 15.6. The standard InChI is InChI=1S/C30H38O4Si/c1-28(2,3)35(25-12-8-6-9-13-25,26-14-10-7-11-15-26)34-24-18-16-22(20-24)29(31)21-23-17-19-27(29)30(23,32-4)33-5/h6-17,19,23-24,27,31H,18,20-21H2,1-5H3/t23?,24-,27?,29?/m0/s1. The summed E-state index contributed by atoms with van der Waals surface area (Å²) in [4.78, 5) is 0. The zero-order valence-corrected chi connectivity index (χ0v) is 22.5. The van der Waals surface area contributed by atoms with Gasteiger partial charge in [-0.3, -0.25) is 0 Å². The van der Waals surface area contributed by atoms with Gasteiger partial charge in [-0.25, -0.2) is 0 Å². The van der Waals surface area contributed by atoms with E-state index < -0.39 is 19.7 Å². The van der Waals surface area contributed by atoms with E-state index in [1.807, 2.05) is 0 Å². The van der Waals surface area contributed by atoms with E-state index in [2.05, 4.69) is 99.7 Å². The summed E-state index contributed by atoms with van der Waals surface area (Å²) in [5.74, 6) is -0.954. The zero-order chi connectivity index (χ0) is 24.9. The van der Waals surface area contributed by atoms with E-state index in [9.17, 15) is 5.11 Å². The number of ether oxygens (including phenoxy) is 2. The fraction of sp³-hybridized carbons (Fsp3) is 0.467. The molecule has 2 aromatic rings. The van der Waals surface area contributed by atoms with Crippen molar-refractivity contribution in [3.8, 4) is 0 Å². The van der Waals surface area contributed by atoms with Crippen molar-refractivity contribution < 1.29 is 19.0 Å². The average Bonchev–Trinajstić information content (AvgIpc) is 3.54. The molecule has 5 heteroatoms. The van der Waals surface area contributed by atoms with Gasteiger partial charge in [-0.1, -0.05) is 99.7 Å². The third-order valence-corrected chi connectivity index (χ3v) is 13.7. The van der Waals surface area contributed by atoms with Gasteiger partial charge in [0.2, 0.25) is 0 Å². The highest BCUT2D eigenvalue weighted by Gasteiger charge is 2.66. The van der Waals surface area contributed by atoms with Crippen molar-refractivity contribution in [3.05, 3.63) is 84.5 Å². The van der Waals surface area contributed by atoms with Crippen molar-refractivity contribution in [2.75, 3.05) is 14.2 Å². The minimum Gasteiger partial charge on any atom is -0.404 e. The molecule has 0 amide bonds. The van der Waals surface area contributed by atoms with Gasteiger partial charge in [-0.05, 0) is 40.2 Å². The number of methoxy groups -OCH3 is 2. The van der Waals surface area contributed by atoms with E-state index in [1.54, 1.807) is 14.2 Å². The van der Waals surface area contributed by atoms with E-state index in [4.69, 9.17) is 13.9 Å². The van der Waals surface area contributed by atoms with E-state index >= 15 is 0 Å². The molecule has 0 spiro atoms. The summed E-state index contributed by atoms with van der Waals surface area (Å²) in [6, 6.07) is 21.5. The largest absolute Gasteiger partial charge is 0.404 e. The second-order valence-electron chi connectivity index (χ2n) is 11.3. The Hall–Kier alpha value is -2.02. The van der Waals surface area contributed by atoms with Crippen LogP contribution in [0.15, 0.2) is 84.5 Å². The van der Waals surface area contributed by atoms with Crippen molar-refractivity contribution in [3.63, 3.8) is 0 Å². The van der Waals surface area contributed by atoms with Crippen LogP contribution in [0.4, 0.5) is 0 Å². The maximum absolute atomic E-state index is 12.0. The van der Waals surface area contributed by atoms with Gasteiger partial charge in [-0.2, -0.15) is 0 Å². The molecule has 1 N–H and O–H groups in total. The topological polar surface area (TPSA) is 47.9 Å². The molecule has 0 radical (unpaired) electrons. The van der Waals surface area contributed by atoms with Crippen LogP contribution < -0.4 is 10.4 Å². The Labute approximate surface area is 210 Å². The molecular formula is C30H38O4Si. The third kappa shape index (κ3) is 3.63. The lowest BCUT2D eigenvalue weighted by molar-refractivity contribution is -0.238. The normalized spacial score (nSPS) is 29.5. The summed E-state index contributed by atoms with van der Waals surface area (Å²) in [5.41, 5.74) is 0.102. The number of rotatable bonds is 7. The summed E-state index contributed by atoms with van der Waals surface area (Å²) < 4.78 is 19.1. The van der Waals surface area contributed by atoms with Gasteiger partial charge in [-0.15, -0.1) is 0 Å². The molecule has 4 atom stereocenters. The molecule has 2 bridgehead atoms. The molecule has 0 aliphatic heterocycles. The first-order chi connectivity index (χ1) is 16.7. The summed E-state index contributed by atoms with van der Waals surface area (Å²) in [5, 5.41) is 14.5. The molecule has 5 rings (SSSR count). The quantitative estimate of drug-likeness (QED) is 0.351. The Morgan fingerprint density at radius 2 is 1.46 bits per heavy atom. The van der Waals surface area contributed by atoms with Crippen molar-refractivity contribution in [2.24, 2.45) is 11.8 Å². The molecule has 1 fully saturated rings. The Kier molecular flexibility index (Phi) is 6.22. The molecule has 1 saturated carbocycles. The Morgan fingerprint density at radius 1 is 0.886 bits per heavy atom. The lowest BCUT2D eigenvalue weighted by Crippen LogP contribution is -2.67. The lowest BCUT2D eigenvalue weighted by atomic mass is 9.80. The fourth-order valence-electron chi connectivity index (χ4n) is 6.95. The smallest absolute Gasteiger partial charge is 0.261 e. The van der Waals surface area contributed by atoms with Crippen LogP contribution in [0, 0.1) is 11.8 Å². The van der Waals surface area contributed by atoms with Crippen LogP contribution in [0.5, 0.6) is 0 Å². The summed E-state index contributed by atoms with van der Waals surface area (Å²) in [6.45, 7) is 6.92. The van der Waals surface area contributed by atoms with Gasteiger partial charge >= 0.3 is 0 Å². The lowest BCUT2D eigenvalue weighted by Gasteiger charge is -2.45. The summed E-state index contributed by atoms with van der Waals surface area (Å²) in [7, 11) is 0.717. The van der Waals surface area contributed by atoms with Gasteiger partial charge in [0.15, 0.2) is 5.79 Å². The fourth-order valence-corrected chi connectivity index (χ4v) is 11.6. The molecule has 0 saturated heterocycles. The third-order valence-electron chi connectivity index (χ3n) is 8.56. The van der Waals surface area contributed by atoms with E-state index in [1.165, 1.54) is 10.4 Å². The predicted molar refractivity (Wildman–Crippen MR) is 142 cm³/mol. The van der Waals surface area contributed by atoms with E-state index in [0.29, 0.717) is 6.42 Å². The van der Waals surface area contributed by atoms with Crippen LogP contribution in [-0.4, -0.2) is 45.1 Å². The molecule has 0 aromatic heterocycles.